The Kier molecular flexibility index (Phi) is 6.45. The molecule has 0 bridgehead atoms. The topological polar surface area (TPSA) is 9.23 Å². The summed E-state index contributed by atoms with van der Waals surface area (Å²) < 4.78 is 5.41. The second kappa shape index (κ2) is 6.47. The van der Waals surface area contributed by atoms with Gasteiger partial charge in [-0.2, -0.15) is 0 Å². The largest absolute Gasteiger partial charge is 0.381 e. The van der Waals surface area contributed by atoms with Gasteiger partial charge in [0.15, 0.2) is 0 Å². The van der Waals surface area contributed by atoms with E-state index in [0.29, 0.717) is 6.10 Å². The van der Waals surface area contributed by atoms with Crippen LogP contribution in [0, 0.1) is 11.8 Å². The van der Waals surface area contributed by atoms with Gasteiger partial charge in [-0.05, 0) is 31.1 Å². The maximum absolute atomic E-state index is 5.41. The Bertz CT molecular complexity index is 97.2. The highest BCUT2D eigenvalue weighted by molar-refractivity contribution is 4.61. The second-order valence-electron chi connectivity index (χ2n) is 4.46. The molecular weight excluding hydrogens is 148 g/mol. The van der Waals surface area contributed by atoms with Crippen LogP contribution in [0.15, 0.2) is 0 Å². The Balaban J connectivity index is 3.53. The summed E-state index contributed by atoms with van der Waals surface area (Å²) in [5.41, 5.74) is 0. The molecule has 1 nitrogen and oxygen atoms in total. The van der Waals surface area contributed by atoms with E-state index in [1.54, 1.807) is 0 Å². The van der Waals surface area contributed by atoms with Gasteiger partial charge in [-0.1, -0.05) is 27.7 Å². The van der Waals surface area contributed by atoms with Crippen molar-refractivity contribution < 1.29 is 4.74 Å². The van der Waals surface area contributed by atoms with Crippen molar-refractivity contribution in [2.24, 2.45) is 11.8 Å². The van der Waals surface area contributed by atoms with Crippen LogP contribution in [0.4, 0.5) is 0 Å². The van der Waals surface area contributed by atoms with E-state index >= 15 is 0 Å². The summed E-state index contributed by atoms with van der Waals surface area (Å²) in [7, 11) is 1.83. The molecule has 1 heteroatoms. The fourth-order valence-electron chi connectivity index (χ4n) is 1.38. The van der Waals surface area contributed by atoms with Crippen LogP contribution >= 0.6 is 0 Å². The van der Waals surface area contributed by atoms with Gasteiger partial charge in [0.2, 0.25) is 0 Å². The van der Waals surface area contributed by atoms with Crippen LogP contribution in [-0.2, 0) is 4.74 Å². The van der Waals surface area contributed by atoms with Crippen molar-refractivity contribution in [2.75, 3.05) is 7.11 Å². The van der Waals surface area contributed by atoms with Gasteiger partial charge in [0.25, 0.3) is 0 Å². The molecule has 74 valence electrons. The highest BCUT2D eigenvalue weighted by atomic mass is 16.5. The van der Waals surface area contributed by atoms with Crippen molar-refractivity contribution in [1.82, 2.24) is 0 Å². The number of hydrogen-bond acceptors (Lipinski definition) is 1. The van der Waals surface area contributed by atoms with Crippen molar-refractivity contribution in [3.63, 3.8) is 0 Å². The second-order valence-corrected chi connectivity index (χ2v) is 4.46. The van der Waals surface area contributed by atoms with Crippen LogP contribution < -0.4 is 0 Å². The maximum atomic E-state index is 5.41. The van der Waals surface area contributed by atoms with Crippen LogP contribution in [0.3, 0.4) is 0 Å². The lowest BCUT2D eigenvalue weighted by atomic mass is 9.98. The van der Waals surface area contributed by atoms with Crippen molar-refractivity contribution in [2.45, 2.75) is 53.1 Å². The summed E-state index contributed by atoms with van der Waals surface area (Å²) in [6.07, 6.45) is 4.17. The van der Waals surface area contributed by atoms with Gasteiger partial charge in [0, 0.05) is 7.11 Å². The Labute approximate surface area is 77.5 Å². The first-order valence-electron chi connectivity index (χ1n) is 5.09. The molecule has 1 atom stereocenters. The predicted molar refractivity (Wildman–Crippen MR) is 54.3 cm³/mol. The van der Waals surface area contributed by atoms with Gasteiger partial charge in [-0.15, -0.1) is 0 Å². The van der Waals surface area contributed by atoms with Gasteiger partial charge >= 0.3 is 0 Å². The summed E-state index contributed by atoms with van der Waals surface area (Å²) in [4.78, 5) is 0. The number of rotatable bonds is 6. The van der Waals surface area contributed by atoms with E-state index in [9.17, 15) is 0 Å². The standard InChI is InChI=1S/C11H24O/c1-9(2)6-7-11(12-5)8-10(3)4/h9-11H,6-8H2,1-5H3. The molecule has 0 rings (SSSR count). The van der Waals surface area contributed by atoms with Crippen LogP contribution in [0.25, 0.3) is 0 Å². The van der Waals surface area contributed by atoms with E-state index in [1.807, 2.05) is 7.11 Å². The third-order valence-corrected chi connectivity index (χ3v) is 2.13. The van der Waals surface area contributed by atoms with Gasteiger partial charge in [-0.3, -0.25) is 0 Å². The molecule has 0 heterocycles. The maximum Gasteiger partial charge on any atom is 0.0573 e. The summed E-state index contributed by atoms with van der Waals surface area (Å²) >= 11 is 0. The minimum atomic E-state index is 0.479. The van der Waals surface area contributed by atoms with E-state index in [4.69, 9.17) is 4.74 Å². The van der Waals surface area contributed by atoms with Crippen molar-refractivity contribution in [1.29, 1.82) is 0 Å². The molecule has 12 heavy (non-hydrogen) atoms. The third kappa shape index (κ3) is 6.66. The molecule has 0 radical (unpaired) electrons. The average Bonchev–Trinajstić information content (AvgIpc) is 1.97. The molecule has 0 aliphatic carbocycles. The first-order chi connectivity index (χ1) is 5.56. The Morgan fingerprint density at radius 3 is 1.83 bits per heavy atom. The lowest BCUT2D eigenvalue weighted by molar-refractivity contribution is 0.0729. The van der Waals surface area contributed by atoms with Crippen LogP contribution in [0.5, 0.6) is 0 Å². The molecule has 0 amide bonds. The van der Waals surface area contributed by atoms with Gasteiger partial charge in [0.05, 0.1) is 6.10 Å². The van der Waals surface area contributed by atoms with E-state index in [1.165, 1.54) is 19.3 Å². The van der Waals surface area contributed by atoms with Crippen molar-refractivity contribution in [3.8, 4) is 0 Å². The molecule has 0 aromatic carbocycles. The van der Waals surface area contributed by atoms with Gasteiger partial charge < -0.3 is 4.74 Å². The summed E-state index contributed by atoms with van der Waals surface area (Å²) in [6, 6.07) is 0. The van der Waals surface area contributed by atoms with Gasteiger partial charge in [0.1, 0.15) is 0 Å². The number of hydrogen-bond donors (Lipinski definition) is 0. The third-order valence-electron chi connectivity index (χ3n) is 2.13. The van der Waals surface area contributed by atoms with Crippen molar-refractivity contribution >= 4 is 0 Å². The van der Waals surface area contributed by atoms with Crippen LogP contribution in [0.2, 0.25) is 0 Å². The molecule has 0 spiro atoms. The van der Waals surface area contributed by atoms with Gasteiger partial charge in [-0.25, -0.2) is 0 Å². The molecule has 0 aromatic heterocycles. The molecule has 0 N–H and O–H groups in total. The average molecular weight is 172 g/mol. The first kappa shape index (κ1) is 12.0. The predicted octanol–water partition coefficient (Wildman–Crippen LogP) is 3.48. The van der Waals surface area contributed by atoms with Crippen LogP contribution in [-0.4, -0.2) is 13.2 Å². The first-order valence-corrected chi connectivity index (χ1v) is 5.09. The Hall–Kier alpha value is -0.0400. The normalized spacial score (nSPS) is 14.2. The van der Waals surface area contributed by atoms with Crippen LogP contribution in [0.1, 0.15) is 47.0 Å². The fraction of sp³-hybridized carbons (Fsp3) is 1.00. The van der Waals surface area contributed by atoms with E-state index in [0.717, 1.165) is 11.8 Å². The molecule has 0 saturated carbocycles. The summed E-state index contributed by atoms with van der Waals surface area (Å²) in [5.74, 6) is 1.55. The summed E-state index contributed by atoms with van der Waals surface area (Å²) in [6.45, 7) is 9.03. The Morgan fingerprint density at radius 2 is 1.50 bits per heavy atom. The zero-order valence-corrected chi connectivity index (χ0v) is 9.26. The van der Waals surface area contributed by atoms with E-state index < -0.39 is 0 Å². The highest BCUT2D eigenvalue weighted by Gasteiger charge is 2.09. The molecular formula is C11H24O. The van der Waals surface area contributed by atoms with E-state index in [2.05, 4.69) is 27.7 Å². The zero-order valence-electron chi connectivity index (χ0n) is 9.26. The van der Waals surface area contributed by atoms with Crippen molar-refractivity contribution in [3.05, 3.63) is 0 Å². The molecule has 0 saturated heterocycles. The molecule has 1 unspecified atom stereocenters. The molecule has 0 aliphatic rings. The molecule has 0 aromatic rings. The highest BCUT2D eigenvalue weighted by Crippen LogP contribution is 2.15. The minimum absolute atomic E-state index is 0.479. The quantitative estimate of drug-likeness (QED) is 0.596. The lowest BCUT2D eigenvalue weighted by Crippen LogP contribution is -2.14. The smallest absolute Gasteiger partial charge is 0.0573 e. The molecule has 0 aliphatic heterocycles. The zero-order chi connectivity index (χ0) is 9.56. The summed E-state index contributed by atoms with van der Waals surface area (Å²) in [5, 5.41) is 0. The number of ether oxygens (including phenoxy) is 1. The fourth-order valence-corrected chi connectivity index (χ4v) is 1.38. The Morgan fingerprint density at radius 1 is 0.917 bits per heavy atom. The molecule has 0 fully saturated rings. The lowest BCUT2D eigenvalue weighted by Gasteiger charge is -2.18. The number of methoxy groups -OCH3 is 1. The SMILES string of the molecule is COC(CCC(C)C)CC(C)C. The van der Waals surface area contributed by atoms with E-state index in [-0.39, 0.29) is 0 Å². The minimum Gasteiger partial charge on any atom is -0.381 e. The monoisotopic (exact) mass is 172 g/mol.